The highest BCUT2D eigenvalue weighted by atomic mass is 28.4. The molecule has 0 spiro atoms. The van der Waals surface area contributed by atoms with E-state index in [2.05, 4.69) is 0 Å². The maximum Gasteiger partial charge on any atom is 0.420 e. The molecule has 33 heavy (non-hydrogen) atoms. The van der Waals surface area contributed by atoms with E-state index in [1.807, 2.05) is 27.7 Å². The normalized spacial score (nSPS) is 23.7. The monoisotopic (exact) mass is 480 g/mol. The van der Waals surface area contributed by atoms with Crippen molar-refractivity contribution in [3.8, 4) is 0 Å². The van der Waals surface area contributed by atoms with E-state index in [4.69, 9.17) is 4.43 Å². The van der Waals surface area contributed by atoms with Crippen LogP contribution < -0.4 is 0 Å². The van der Waals surface area contributed by atoms with Gasteiger partial charge in [-0.25, -0.2) is 4.39 Å². The number of benzene rings is 2. The van der Waals surface area contributed by atoms with Gasteiger partial charge in [-0.3, -0.25) is 4.79 Å². The van der Waals surface area contributed by atoms with E-state index in [1.54, 1.807) is 37.4 Å². The fraction of sp³-hybridized carbons (Fsp3) is 0.500. The molecular weight excluding hydrogens is 448 g/mol. The second-order valence-electron chi connectivity index (χ2n) is 10.9. The quantitative estimate of drug-likeness (QED) is 0.325. The molecular formula is C26H32F4O2Si. The fourth-order valence-corrected chi connectivity index (χ4v) is 5.81. The number of carbonyl (C=O) groups excluding carboxylic acids is 1. The molecule has 7 heteroatoms. The van der Waals surface area contributed by atoms with Crippen LogP contribution in [0.3, 0.4) is 0 Å². The number of carbonyl (C=O) groups is 1. The van der Waals surface area contributed by atoms with Crippen molar-refractivity contribution in [1.29, 1.82) is 0 Å². The van der Waals surface area contributed by atoms with Gasteiger partial charge in [0.2, 0.25) is 0 Å². The molecule has 1 saturated carbocycles. The van der Waals surface area contributed by atoms with Gasteiger partial charge in [0.25, 0.3) is 0 Å². The van der Waals surface area contributed by atoms with Gasteiger partial charge in [0.05, 0.1) is 5.41 Å². The first-order valence-corrected chi connectivity index (χ1v) is 14.0. The average molecular weight is 481 g/mol. The Kier molecular flexibility index (Phi) is 6.25. The minimum absolute atomic E-state index is 0.0320. The Morgan fingerprint density at radius 3 is 1.88 bits per heavy atom. The van der Waals surface area contributed by atoms with Crippen LogP contribution in [0.25, 0.3) is 0 Å². The summed E-state index contributed by atoms with van der Waals surface area (Å²) in [6.07, 6.45) is -4.30. The van der Waals surface area contributed by atoms with Crippen molar-refractivity contribution in [3.05, 3.63) is 71.0 Å². The minimum atomic E-state index is -4.60. The number of ketones is 1. The highest BCUT2D eigenvalue weighted by molar-refractivity contribution is 6.74. The molecule has 180 valence electrons. The van der Waals surface area contributed by atoms with Gasteiger partial charge in [-0.05, 0) is 60.8 Å². The highest BCUT2D eigenvalue weighted by Gasteiger charge is 2.58. The van der Waals surface area contributed by atoms with E-state index in [0.29, 0.717) is 12.0 Å². The van der Waals surface area contributed by atoms with Gasteiger partial charge in [0.15, 0.2) is 13.9 Å². The van der Waals surface area contributed by atoms with Crippen LogP contribution in [-0.2, 0) is 20.2 Å². The Labute approximate surface area is 194 Å². The van der Waals surface area contributed by atoms with Crippen molar-refractivity contribution in [2.45, 2.75) is 82.3 Å². The lowest BCUT2D eigenvalue weighted by molar-refractivity contribution is -0.251. The zero-order chi connectivity index (χ0) is 25.0. The molecule has 3 atom stereocenters. The summed E-state index contributed by atoms with van der Waals surface area (Å²) in [5, 5.41) is -0.386. The molecule has 0 N–H and O–H groups in total. The largest absolute Gasteiger partial charge is 0.420 e. The summed E-state index contributed by atoms with van der Waals surface area (Å²) < 4.78 is 62.2. The summed E-state index contributed by atoms with van der Waals surface area (Å²) in [5.41, 5.74) is -1.75. The van der Waals surface area contributed by atoms with Crippen LogP contribution in [0.4, 0.5) is 17.6 Å². The number of hydrogen-bond donors (Lipinski definition) is 0. The lowest BCUT2D eigenvalue weighted by Gasteiger charge is -2.47. The van der Waals surface area contributed by atoms with Crippen molar-refractivity contribution in [2.24, 2.45) is 0 Å². The van der Waals surface area contributed by atoms with Crippen LogP contribution in [-0.4, -0.2) is 20.3 Å². The Bertz CT molecular complexity index is 1020. The number of rotatable bonds is 5. The molecule has 0 heterocycles. The third-order valence-corrected chi connectivity index (χ3v) is 12.3. The van der Waals surface area contributed by atoms with Crippen LogP contribution in [0.15, 0.2) is 48.5 Å². The number of alkyl halides is 3. The van der Waals surface area contributed by atoms with E-state index in [9.17, 15) is 22.4 Å². The van der Waals surface area contributed by atoms with Crippen molar-refractivity contribution in [3.63, 3.8) is 0 Å². The summed E-state index contributed by atoms with van der Waals surface area (Å²) in [6, 6.07) is 12.1. The predicted molar refractivity (Wildman–Crippen MR) is 124 cm³/mol. The lowest BCUT2D eigenvalue weighted by atomic mass is 9.55. The minimum Gasteiger partial charge on any atom is -0.400 e. The standard InChI is InChI=1S/C26H32F4O2Si/c1-23(2,3)33(6,7)32-25(5,26(28,29)30)19-10-8-17(9-11-19)21-16-22(31)24(21,4)18-12-14-20(27)15-13-18/h8-15,21H,16H2,1-7H3/t21-,24+,25?/m0/s1. The topological polar surface area (TPSA) is 26.3 Å². The SMILES string of the molecule is CC(O[Si](C)(C)C(C)(C)C)(c1ccc([C@@H]2CC(=O)[C@]2(C)c2ccc(F)cc2)cc1)C(F)(F)F. The van der Waals surface area contributed by atoms with E-state index < -0.39 is 25.5 Å². The molecule has 0 aromatic heterocycles. The average Bonchev–Trinajstić information content (AvgIpc) is 2.70. The molecule has 3 rings (SSSR count). The molecule has 0 bridgehead atoms. The molecule has 0 saturated heterocycles. The zero-order valence-corrected chi connectivity index (χ0v) is 21.2. The van der Waals surface area contributed by atoms with Gasteiger partial charge < -0.3 is 4.43 Å². The molecule has 1 aliphatic rings. The maximum atomic E-state index is 14.3. The van der Waals surface area contributed by atoms with Crippen molar-refractivity contribution in [1.82, 2.24) is 0 Å². The Morgan fingerprint density at radius 1 is 0.939 bits per heavy atom. The van der Waals surface area contributed by atoms with Gasteiger partial charge in [-0.15, -0.1) is 0 Å². The number of Topliss-reactive ketones (excluding diaryl/α,β-unsaturated/α-hetero) is 1. The Morgan fingerprint density at radius 2 is 1.45 bits per heavy atom. The van der Waals surface area contributed by atoms with E-state index in [1.165, 1.54) is 24.3 Å². The fourth-order valence-electron chi connectivity index (χ4n) is 4.25. The van der Waals surface area contributed by atoms with Gasteiger partial charge in [-0.1, -0.05) is 57.2 Å². The summed E-state index contributed by atoms with van der Waals surface area (Å²) in [4.78, 5) is 12.6. The van der Waals surface area contributed by atoms with Gasteiger partial charge in [-0.2, -0.15) is 13.2 Å². The lowest BCUT2D eigenvalue weighted by Crippen LogP contribution is -2.53. The van der Waals surface area contributed by atoms with Crippen LogP contribution in [0, 0.1) is 5.82 Å². The second kappa shape index (κ2) is 8.05. The summed E-state index contributed by atoms with van der Waals surface area (Å²) in [6.45, 7) is 12.2. The Hall–Kier alpha value is -1.99. The summed E-state index contributed by atoms with van der Waals surface area (Å²) in [5.74, 6) is -0.546. The molecule has 1 fully saturated rings. The molecule has 0 amide bonds. The van der Waals surface area contributed by atoms with Gasteiger partial charge in [0, 0.05) is 12.3 Å². The first-order valence-electron chi connectivity index (χ1n) is 11.1. The molecule has 0 radical (unpaired) electrons. The molecule has 2 aromatic carbocycles. The molecule has 1 aliphatic carbocycles. The van der Waals surface area contributed by atoms with E-state index in [0.717, 1.165) is 12.5 Å². The first-order chi connectivity index (χ1) is 14.9. The van der Waals surface area contributed by atoms with Crippen LogP contribution in [0.2, 0.25) is 18.1 Å². The number of halogens is 4. The second-order valence-corrected chi connectivity index (χ2v) is 15.6. The van der Waals surface area contributed by atoms with E-state index >= 15 is 0 Å². The molecule has 2 aromatic rings. The van der Waals surface area contributed by atoms with Crippen LogP contribution in [0.5, 0.6) is 0 Å². The number of hydrogen-bond acceptors (Lipinski definition) is 2. The third kappa shape index (κ3) is 4.30. The predicted octanol–water partition coefficient (Wildman–Crippen LogP) is 7.64. The van der Waals surface area contributed by atoms with Crippen molar-refractivity contribution in [2.75, 3.05) is 0 Å². The smallest absolute Gasteiger partial charge is 0.400 e. The van der Waals surface area contributed by atoms with E-state index in [-0.39, 0.29) is 28.1 Å². The highest BCUT2D eigenvalue weighted by Crippen LogP contribution is 2.53. The summed E-state index contributed by atoms with van der Waals surface area (Å²) >= 11 is 0. The van der Waals surface area contributed by atoms with Crippen molar-refractivity contribution >= 4 is 14.1 Å². The van der Waals surface area contributed by atoms with Gasteiger partial charge >= 0.3 is 6.18 Å². The summed E-state index contributed by atoms with van der Waals surface area (Å²) in [7, 11) is -2.74. The zero-order valence-electron chi connectivity index (χ0n) is 20.2. The van der Waals surface area contributed by atoms with Crippen LogP contribution >= 0.6 is 0 Å². The molecule has 0 aliphatic heterocycles. The Balaban J connectivity index is 1.96. The molecule has 1 unspecified atom stereocenters. The first kappa shape index (κ1) is 25.6. The van der Waals surface area contributed by atoms with Gasteiger partial charge in [0.1, 0.15) is 11.6 Å². The van der Waals surface area contributed by atoms with Crippen molar-refractivity contribution < 1.29 is 26.8 Å². The maximum absolute atomic E-state index is 14.3. The molecule has 2 nitrogen and oxygen atoms in total. The van der Waals surface area contributed by atoms with Crippen LogP contribution in [0.1, 0.15) is 63.6 Å². The third-order valence-electron chi connectivity index (χ3n) is 7.78.